The summed E-state index contributed by atoms with van der Waals surface area (Å²) in [4.78, 5) is 17.9. The summed E-state index contributed by atoms with van der Waals surface area (Å²) in [5, 5.41) is 0. The van der Waals surface area contributed by atoms with E-state index in [0.717, 1.165) is 24.4 Å². The minimum Gasteiger partial charge on any atom is -0.493 e. The molecule has 2 heterocycles. The number of hydrogen-bond acceptors (Lipinski definition) is 5. The molecule has 1 aromatic heterocycles. The van der Waals surface area contributed by atoms with Crippen LogP contribution in [0.5, 0.6) is 11.5 Å². The second-order valence-electron chi connectivity index (χ2n) is 5.44. The molecule has 0 bridgehead atoms. The van der Waals surface area contributed by atoms with Crippen molar-refractivity contribution in [2.45, 2.75) is 13.0 Å². The molecule has 2 aromatic rings. The molecule has 3 rings (SSSR count). The molecule has 0 unspecified atom stereocenters. The minimum atomic E-state index is -0.248. The van der Waals surface area contributed by atoms with Crippen molar-refractivity contribution in [2.24, 2.45) is 0 Å². The van der Waals surface area contributed by atoms with Crippen molar-refractivity contribution in [3.8, 4) is 22.9 Å². The van der Waals surface area contributed by atoms with Crippen molar-refractivity contribution in [3.63, 3.8) is 0 Å². The molecule has 0 spiro atoms. The third-order valence-electron chi connectivity index (χ3n) is 4.03. The third-order valence-corrected chi connectivity index (χ3v) is 4.03. The zero-order chi connectivity index (χ0) is 16.9. The Hall–Kier alpha value is -2.70. The molecule has 0 N–H and O–H groups in total. The normalized spacial score (nSPS) is 14.4. The van der Waals surface area contributed by atoms with E-state index >= 15 is 0 Å². The van der Waals surface area contributed by atoms with E-state index < -0.39 is 0 Å². The highest BCUT2D eigenvalue weighted by atomic mass is 16.6. The van der Waals surface area contributed by atoms with Crippen LogP contribution < -0.4 is 9.47 Å². The van der Waals surface area contributed by atoms with Gasteiger partial charge in [0.2, 0.25) is 0 Å². The molecule has 1 amide bonds. The number of amides is 1. The average molecular weight is 331 g/mol. The predicted molar refractivity (Wildman–Crippen MR) is 88.3 cm³/mol. The van der Waals surface area contributed by atoms with Crippen LogP contribution in [0.25, 0.3) is 11.4 Å². The zero-order valence-electron chi connectivity index (χ0n) is 13.9. The highest BCUT2D eigenvalue weighted by molar-refractivity contribution is 5.69. The Labute approximate surface area is 140 Å². The van der Waals surface area contributed by atoms with Crippen molar-refractivity contribution in [1.29, 1.82) is 0 Å². The van der Waals surface area contributed by atoms with Gasteiger partial charge in [-0.05, 0) is 18.6 Å². The van der Waals surface area contributed by atoms with Crippen LogP contribution in [0.4, 0.5) is 4.79 Å². The molecule has 1 aliphatic heterocycles. The second-order valence-corrected chi connectivity index (χ2v) is 5.44. The van der Waals surface area contributed by atoms with Gasteiger partial charge in [-0.25, -0.2) is 9.78 Å². The molecule has 1 aromatic carbocycles. The first kappa shape index (κ1) is 16.2. The molecule has 0 saturated carbocycles. The van der Waals surface area contributed by atoms with Gasteiger partial charge in [0.15, 0.2) is 11.5 Å². The number of imidazole rings is 1. The number of benzene rings is 1. The first-order chi connectivity index (χ1) is 11.7. The van der Waals surface area contributed by atoms with Gasteiger partial charge in [-0.15, -0.1) is 0 Å². The Balaban J connectivity index is 1.82. The second kappa shape index (κ2) is 7.25. The van der Waals surface area contributed by atoms with E-state index in [-0.39, 0.29) is 6.09 Å². The Morgan fingerprint density at radius 3 is 2.88 bits per heavy atom. The number of cyclic esters (lactones) is 1. The fraction of sp³-hybridized carbons (Fsp3) is 0.412. The van der Waals surface area contributed by atoms with Gasteiger partial charge in [0.1, 0.15) is 5.82 Å². The van der Waals surface area contributed by atoms with E-state index in [0.29, 0.717) is 31.2 Å². The minimum absolute atomic E-state index is 0.248. The molecule has 24 heavy (non-hydrogen) atoms. The van der Waals surface area contributed by atoms with Crippen LogP contribution in [-0.2, 0) is 11.3 Å². The van der Waals surface area contributed by atoms with Crippen molar-refractivity contribution in [2.75, 3.05) is 33.9 Å². The van der Waals surface area contributed by atoms with Crippen molar-refractivity contribution < 1.29 is 19.0 Å². The number of methoxy groups -OCH3 is 2. The lowest BCUT2D eigenvalue weighted by molar-refractivity contribution is 0.0716. The summed E-state index contributed by atoms with van der Waals surface area (Å²) in [6.07, 6.45) is 4.25. The summed E-state index contributed by atoms with van der Waals surface area (Å²) in [5.41, 5.74) is 0.850. The van der Waals surface area contributed by atoms with Crippen LogP contribution in [0.3, 0.4) is 0 Å². The van der Waals surface area contributed by atoms with E-state index in [2.05, 4.69) is 4.98 Å². The summed E-state index contributed by atoms with van der Waals surface area (Å²) >= 11 is 0. The lowest BCUT2D eigenvalue weighted by Gasteiger charge is -2.26. The Bertz CT molecular complexity index is 714. The zero-order valence-corrected chi connectivity index (χ0v) is 13.9. The molecular formula is C17H21N3O4. The topological polar surface area (TPSA) is 65.8 Å². The summed E-state index contributed by atoms with van der Waals surface area (Å²) in [6, 6.07) is 5.69. The van der Waals surface area contributed by atoms with Gasteiger partial charge in [0, 0.05) is 32.0 Å². The molecule has 0 radical (unpaired) electrons. The standard InChI is InChI=1S/C17H21N3O4/c1-22-14-6-3-5-13(15(14)23-2)16-18-7-9-19(16)10-11-20-8-4-12-24-17(20)21/h3,5-7,9H,4,8,10-12H2,1-2H3. The summed E-state index contributed by atoms with van der Waals surface area (Å²) in [6.45, 7) is 2.44. The number of hydrogen-bond donors (Lipinski definition) is 0. The molecule has 128 valence electrons. The Morgan fingerprint density at radius 2 is 2.12 bits per heavy atom. The van der Waals surface area contributed by atoms with Crippen LogP contribution >= 0.6 is 0 Å². The number of para-hydroxylation sites is 1. The molecule has 7 nitrogen and oxygen atoms in total. The quantitative estimate of drug-likeness (QED) is 0.813. The third kappa shape index (κ3) is 3.15. The molecule has 1 saturated heterocycles. The van der Waals surface area contributed by atoms with Gasteiger partial charge in [0.05, 0.1) is 26.4 Å². The molecule has 0 atom stereocenters. The number of carbonyl (C=O) groups is 1. The van der Waals surface area contributed by atoms with Gasteiger partial charge in [-0.2, -0.15) is 0 Å². The van der Waals surface area contributed by atoms with Gasteiger partial charge in [-0.3, -0.25) is 0 Å². The molecular weight excluding hydrogens is 310 g/mol. The SMILES string of the molecule is COc1cccc(-c2nccn2CCN2CCCOC2=O)c1OC. The highest BCUT2D eigenvalue weighted by Crippen LogP contribution is 2.36. The van der Waals surface area contributed by atoms with Crippen molar-refractivity contribution in [3.05, 3.63) is 30.6 Å². The smallest absolute Gasteiger partial charge is 0.409 e. The average Bonchev–Trinajstić information content (AvgIpc) is 3.08. The fourth-order valence-corrected chi connectivity index (χ4v) is 2.83. The van der Waals surface area contributed by atoms with Crippen molar-refractivity contribution in [1.82, 2.24) is 14.5 Å². The van der Waals surface area contributed by atoms with Crippen LogP contribution in [0.1, 0.15) is 6.42 Å². The maximum Gasteiger partial charge on any atom is 0.409 e. The van der Waals surface area contributed by atoms with E-state index in [4.69, 9.17) is 14.2 Å². The highest BCUT2D eigenvalue weighted by Gasteiger charge is 2.20. The monoisotopic (exact) mass is 331 g/mol. The molecule has 1 fully saturated rings. The molecule has 7 heteroatoms. The molecule has 1 aliphatic rings. The number of ether oxygens (including phenoxy) is 3. The number of aromatic nitrogens is 2. The van der Waals surface area contributed by atoms with Crippen LogP contribution in [0, 0.1) is 0 Å². The van der Waals surface area contributed by atoms with Crippen molar-refractivity contribution >= 4 is 6.09 Å². The predicted octanol–water partition coefficient (Wildman–Crippen LogP) is 2.41. The van der Waals surface area contributed by atoms with E-state index in [1.54, 1.807) is 25.3 Å². The van der Waals surface area contributed by atoms with Gasteiger partial charge in [0.25, 0.3) is 0 Å². The maximum absolute atomic E-state index is 11.7. The first-order valence-corrected chi connectivity index (χ1v) is 7.88. The van der Waals surface area contributed by atoms with E-state index in [9.17, 15) is 4.79 Å². The number of rotatable bonds is 6. The summed E-state index contributed by atoms with van der Waals surface area (Å²) in [7, 11) is 3.22. The Kier molecular flexibility index (Phi) is 4.88. The van der Waals surface area contributed by atoms with E-state index in [1.807, 2.05) is 29.0 Å². The summed E-state index contributed by atoms with van der Waals surface area (Å²) < 4.78 is 17.9. The fourth-order valence-electron chi connectivity index (χ4n) is 2.83. The van der Waals surface area contributed by atoms with Gasteiger partial charge < -0.3 is 23.7 Å². The Morgan fingerprint density at radius 1 is 1.25 bits per heavy atom. The number of carbonyl (C=O) groups excluding carboxylic acids is 1. The maximum atomic E-state index is 11.7. The number of nitrogens with zero attached hydrogens (tertiary/aromatic N) is 3. The van der Waals surface area contributed by atoms with Crippen LogP contribution in [0.15, 0.2) is 30.6 Å². The van der Waals surface area contributed by atoms with Crippen LogP contribution in [0.2, 0.25) is 0 Å². The lowest BCUT2D eigenvalue weighted by Crippen LogP contribution is -2.39. The lowest BCUT2D eigenvalue weighted by atomic mass is 10.1. The first-order valence-electron chi connectivity index (χ1n) is 7.88. The molecule has 0 aliphatic carbocycles. The summed E-state index contributed by atoms with van der Waals surface area (Å²) in [5.74, 6) is 2.07. The largest absolute Gasteiger partial charge is 0.493 e. The van der Waals surface area contributed by atoms with E-state index in [1.165, 1.54) is 0 Å². The van der Waals surface area contributed by atoms with Gasteiger partial charge in [-0.1, -0.05) is 6.07 Å². The van der Waals surface area contributed by atoms with Gasteiger partial charge >= 0.3 is 6.09 Å². The van der Waals surface area contributed by atoms with Crippen LogP contribution in [-0.4, -0.2) is 54.5 Å².